The number of esters is 1. The Morgan fingerprint density at radius 3 is 2.68 bits per heavy atom. The predicted octanol–water partition coefficient (Wildman–Crippen LogP) is 2.21. The monoisotopic (exact) mass is 382 g/mol. The van der Waals surface area contributed by atoms with Crippen molar-refractivity contribution in [3.05, 3.63) is 53.3 Å². The maximum atomic E-state index is 13.0. The van der Waals surface area contributed by atoms with Crippen LogP contribution in [0.2, 0.25) is 0 Å². The van der Waals surface area contributed by atoms with E-state index < -0.39 is 17.9 Å². The highest BCUT2D eigenvalue weighted by Crippen LogP contribution is 2.22. The van der Waals surface area contributed by atoms with Gasteiger partial charge in [0.25, 0.3) is 11.8 Å². The third-order valence-electron chi connectivity index (χ3n) is 4.63. The normalized spacial score (nSPS) is 16.4. The van der Waals surface area contributed by atoms with Gasteiger partial charge in [0.2, 0.25) is 0 Å². The molecule has 1 aromatic carbocycles. The van der Waals surface area contributed by atoms with Crippen molar-refractivity contribution in [3.8, 4) is 0 Å². The number of aryl methyl sites for hydroxylation is 1. The summed E-state index contributed by atoms with van der Waals surface area (Å²) in [5.41, 5.74) is 1.75. The van der Waals surface area contributed by atoms with Crippen molar-refractivity contribution in [2.24, 2.45) is 0 Å². The fraction of sp³-hybridized carbons (Fsp3) is 0.350. The van der Waals surface area contributed by atoms with Crippen molar-refractivity contribution in [1.29, 1.82) is 0 Å². The first-order valence-electron chi connectivity index (χ1n) is 9.10. The summed E-state index contributed by atoms with van der Waals surface area (Å²) in [5, 5.41) is 10.4. The number of aromatic nitrogens is 2. The zero-order valence-electron chi connectivity index (χ0n) is 15.8. The number of likely N-dealkylation sites (tertiary alicyclic amines) is 1. The third-order valence-corrected chi connectivity index (χ3v) is 4.63. The molecular weight excluding hydrogens is 360 g/mol. The Hall–Kier alpha value is -3.29. The smallest absolute Gasteiger partial charge is 0.328 e. The highest BCUT2D eigenvalue weighted by atomic mass is 16.5. The van der Waals surface area contributed by atoms with Gasteiger partial charge in [-0.25, -0.2) is 4.79 Å². The maximum absolute atomic E-state index is 13.0. The highest BCUT2D eigenvalue weighted by molar-refractivity contribution is 6.04. The summed E-state index contributed by atoms with van der Waals surface area (Å²) in [6, 6.07) is 9.32. The van der Waals surface area contributed by atoms with E-state index >= 15 is 0 Å². The molecule has 0 bridgehead atoms. The van der Waals surface area contributed by atoms with Gasteiger partial charge in [0, 0.05) is 17.8 Å². The lowest BCUT2D eigenvalue weighted by Gasteiger charge is -2.33. The van der Waals surface area contributed by atoms with Crippen LogP contribution in [0.3, 0.4) is 0 Å². The Kier molecular flexibility index (Phi) is 5.98. The summed E-state index contributed by atoms with van der Waals surface area (Å²) >= 11 is 0. The van der Waals surface area contributed by atoms with Crippen molar-refractivity contribution in [2.45, 2.75) is 32.2 Å². The molecule has 1 aromatic heterocycles. The largest absolute Gasteiger partial charge is 0.467 e. The molecule has 1 saturated heterocycles. The average molecular weight is 382 g/mol. The van der Waals surface area contributed by atoms with Crippen molar-refractivity contribution < 1.29 is 19.1 Å². The number of nitrogens with zero attached hydrogens (tertiary/aromatic N) is 3. The second kappa shape index (κ2) is 8.60. The topological polar surface area (TPSA) is 101 Å². The van der Waals surface area contributed by atoms with Crippen LogP contribution in [0.15, 0.2) is 36.4 Å². The predicted molar refractivity (Wildman–Crippen MR) is 102 cm³/mol. The Bertz CT molecular complexity index is 882. The summed E-state index contributed by atoms with van der Waals surface area (Å²) in [5.74, 6) is -1.08. The molecule has 146 valence electrons. The fourth-order valence-electron chi connectivity index (χ4n) is 3.17. The van der Waals surface area contributed by atoms with Gasteiger partial charge in [0.15, 0.2) is 5.69 Å². The molecule has 1 atom stereocenters. The van der Waals surface area contributed by atoms with Gasteiger partial charge in [-0.15, -0.1) is 5.10 Å². The summed E-state index contributed by atoms with van der Waals surface area (Å²) in [7, 11) is 1.32. The van der Waals surface area contributed by atoms with E-state index in [9.17, 15) is 14.4 Å². The van der Waals surface area contributed by atoms with Crippen molar-refractivity contribution in [2.75, 3.05) is 19.0 Å². The molecule has 8 nitrogen and oxygen atoms in total. The fourth-order valence-corrected chi connectivity index (χ4v) is 3.17. The zero-order chi connectivity index (χ0) is 20.1. The first kappa shape index (κ1) is 19.5. The number of rotatable bonds is 4. The Morgan fingerprint density at radius 1 is 1.14 bits per heavy atom. The quantitative estimate of drug-likeness (QED) is 0.814. The molecule has 0 aliphatic carbocycles. The number of piperidine rings is 1. The highest BCUT2D eigenvalue weighted by Gasteiger charge is 2.33. The van der Waals surface area contributed by atoms with Gasteiger partial charge >= 0.3 is 5.97 Å². The average Bonchev–Trinajstić information content (AvgIpc) is 2.73. The van der Waals surface area contributed by atoms with Crippen LogP contribution in [-0.4, -0.2) is 52.6 Å². The number of carbonyl (C=O) groups is 3. The van der Waals surface area contributed by atoms with Crippen LogP contribution in [0.4, 0.5) is 5.69 Å². The van der Waals surface area contributed by atoms with Crippen LogP contribution in [-0.2, 0) is 9.53 Å². The molecule has 0 saturated carbocycles. The molecule has 0 spiro atoms. The van der Waals surface area contributed by atoms with Gasteiger partial charge in [-0.2, -0.15) is 5.10 Å². The molecule has 1 N–H and O–H groups in total. The van der Waals surface area contributed by atoms with Gasteiger partial charge in [-0.3, -0.25) is 9.59 Å². The Balaban J connectivity index is 1.76. The molecule has 2 heterocycles. The van der Waals surface area contributed by atoms with E-state index in [0.717, 1.165) is 12.8 Å². The molecule has 3 rings (SSSR count). The first-order valence-corrected chi connectivity index (χ1v) is 9.10. The molecule has 1 aliphatic heterocycles. The number of methoxy groups -OCH3 is 1. The Labute approximate surface area is 162 Å². The van der Waals surface area contributed by atoms with Crippen LogP contribution in [0.1, 0.15) is 45.8 Å². The van der Waals surface area contributed by atoms with E-state index in [1.54, 1.807) is 48.2 Å². The summed E-state index contributed by atoms with van der Waals surface area (Å²) in [6.07, 6.45) is 2.29. The molecular formula is C20H22N4O4. The summed E-state index contributed by atoms with van der Waals surface area (Å²) < 4.78 is 4.84. The number of ether oxygens (including phenoxy) is 1. The lowest BCUT2D eigenvalue weighted by atomic mass is 10.0. The Morgan fingerprint density at radius 2 is 1.96 bits per heavy atom. The van der Waals surface area contributed by atoms with Gasteiger partial charge in [-0.05, 0) is 56.5 Å². The van der Waals surface area contributed by atoms with Crippen molar-refractivity contribution in [3.63, 3.8) is 0 Å². The maximum Gasteiger partial charge on any atom is 0.328 e. The second-order valence-electron chi connectivity index (χ2n) is 6.63. The molecule has 28 heavy (non-hydrogen) atoms. The summed E-state index contributed by atoms with van der Waals surface area (Å²) in [4.78, 5) is 38.8. The molecule has 2 amide bonds. The lowest BCUT2D eigenvalue weighted by molar-refractivity contribution is -0.147. The first-order chi connectivity index (χ1) is 13.5. The molecule has 8 heteroatoms. The minimum atomic E-state index is -0.577. The number of carbonyl (C=O) groups excluding carboxylic acids is 3. The van der Waals surface area contributed by atoms with Gasteiger partial charge in [0.05, 0.1) is 12.8 Å². The zero-order valence-corrected chi connectivity index (χ0v) is 15.8. The van der Waals surface area contributed by atoms with Crippen LogP contribution >= 0.6 is 0 Å². The molecule has 2 aromatic rings. The van der Waals surface area contributed by atoms with E-state index in [1.807, 2.05) is 0 Å². The standard InChI is InChI=1S/C20H22N4O4/c1-13-9-10-16(23-22-13)18(25)21-15-7-5-6-14(12-15)19(26)24-11-4-3-8-17(24)20(27)28-2/h5-7,9-10,12,17H,3-4,8,11H2,1-2H3,(H,21,25). The lowest BCUT2D eigenvalue weighted by Crippen LogP contribution is -2.48. The minimum absolute atomic E-state index is 0.184. The van der Waals surface area contributed by atoms with Crippen LogP contribution in [0.5, 0.6) is 0 Å². The van der Waals surface area contributed by atoms with E-state index in [2.05, 4.69) is 15.5 Å². The number of benzene rings is 1. The van der Waals surface area contributed by atoms with E-state index in [0.29, 0.717) is 29.9 Å². The van der Waals surface area contributed by atoms with Crippen LogP contribution in [0.25, 0.3) is 0 Å². The van der Waals surface area contributed by atoms with Crippen molar-refractivity contribution >= 4 is 23.5 Å². The molecule has 1 unspecified atom stereocenters. The van der Waals surface area contributed by atoms with E-state index in [1.165, 1.54) is 7.11 Å². The van der Waals surface area contributed by atoms with Gasteiger partial charge < -0.3 is 15.0 Å². The minimum Gasteiger partial charge on any atom is -0.467 e. The number of nitrogens with one attached hydrogen (secondary N) is 1. The third kappa shape index (κ3) is 4.33. The number of anilines is 1. The van der Waals surface area contributed by atoms with Gasteiger partial charge in [-0.1, -0.05) is 6.07 Å². The number of amides is 2. The number of hydrogen-bond donors (Lipinski definition) is 1. The number of hydrogen-bond acceptors (Lipinski definition) is 6. The second-order valence-corrected chi connectivity index (χ2v) is 6.63. The van der Waals surface area contributed by atoms with Crippen LogP contribution < -0.4 is 5.32 Å². The van der Waals surface area contributed by atoms with Gasteiger partial charge in [0.1, 0.15) is 6.04 Å². The molecule has 1 fully saturated rings. The molecule has 1 aliphatic rings. The van der Waals surface area contributed by atoms with E-state index in [-0.39, 0.29) is 11.6 Å². The summed E-state index contributed by atoms with van der Waals surface area (Å²) in [6.45, 7) is 2.28. The van der Waals surface area contributed by atoms with E-state index in [4.69, 9.17) is 4.74 Å². The molecule has 0 radical (unpaired) electrons. The SMILES string of the molecule is COC(=O)C1CCCCN1C(=O)c1cccc(NC(=O)c2ccc(C)nn2)c1. The van der Waals surface area contributed by atoms with Crippen LogP contribution in [0, 0.1) is 6.92 Å². The van der Waals surface area contributed by atoms with Crippen molar-refractivity contribution in [1.82, 2.24) is 15.1 Å².